The molecule has 0 unspecified atom stereocenters. The molecule has 5 nitrogen and oxygen atoms in total. The fourth-order valence-corrected chi connectivity index (χ4v) is 2.54. The lowest BCUT2D eigenvalue weighted by atomic mass is 10.2. The van der Waals surface area contributed by atoms with E-state index in [2.05, 4.69) is 15.7 Å². The SMILES string of the molecule is Cc1cc(C)n(-c2ccccc2NC(=O)CNCC2CC2)n1. The molecular weight excluding hydrogens is 276 g/mol. The van der Waals surface area contributed by atoms with Crippen LogP contribution in [0.25, 0.3) is 5.69 Å². The van der Waals surface area contributed by atoms with Gasteiger partial charge in [-0.05, 0) is 57.4 Å². The van der Waals surface area contributed by atoms with E-state index in [1.54, 1.807) is 0 Å². The average Bonchev–Trinajstić information content (AvgIpc) is 3.24. The third-order valence-electron chi connectivity index (χ3n) is 3.83. The highest BCUT2D eigenvalue weighted by Crippen LogP contribution is 2.27. The summed E-state index contributed by atoms with van der Waals surface area (Å²) in [4.78, 5) is 12.1. The Hall–Kier alpha value is -2.14. The fraction of sp³-hybridized carbons (Fsp3) is 0.412. The van der Waals surface area contributed by atoms with Crippen LogP contribution in [0.1, 0.15) is 24.2 Å². The number of amides is 1. The smallest absolute Gasteiger partial charge is 0.238 e. The van der Waals surface area contributed by atoms with Crippen molar-refractivity contribution in [2.24, 2.45) is 5.92 Å². The zero-order valence-corrected chi connectivity index (χ0v) is 13.1. The third-order valence-corrected chi connectivity index (χ3v) is 3.83. The maximum absolute atomic E-state index is 12.1. The van der Waals surface area contributed by atoms with Crippen LogP contribution in [0.4, 0.5) is 5.69 Å². The first-order chi connectivity index (χ1) is 10.6. The van der Waals surface area contributed by atoms with Gasteiger partial charge in [-0.1, -0.05) is 12.1 Å². The molecule has 116 valence electrons. The highest BCUT2D eigenvalue weighted by Gasteiger charge is 2.20. The molecule has 0 aliphatic heterocycles. The minimum Gasteiger partial charge on any atom is -0.323 e. The molecule has 2 aromatic rings. The zero-order valence-electron chi connectivity index (χ0n) is 13.1. The Morgan fingerprint density at radius 3 is 2.77 bits per heavy atom. The Balaban J connectivity index is 1.70. The van der Waals surface area contributed by atoms with Crippen molar-refractivity contribution in [1.29, 1.82) is 0 Å². The Morgan fingerprint density at radius 2 is 2.09 bits per heavy atom. The van der Waals surface area contributed by atoms with Crippen LogP contribution < -0.4 is 10.6 Å². The summed E-state index contributed by atoms with van der Waals surface area (Å²) in [6, 6.07) is 9.77. The summed E-state index contributed by atoms with van der Waals surface area (Å²) < 4.78 is 1.86. The standard InChI is InChI=1S/C17H22N4O/c1-12-9-13(2)21(20-12)16-6-4-3-5-15(16)19-17(22)11-18-10-14-7-8-14/h3-6,9,14,18H,7-8,10-11H2,1-2H3,(H,19,22). The van der Waals surface area contributed by atoms with Gasteiger partial charge in [0.15, 0.2) is 0 Å². The number of carbonyl (C=O) groups excluding carboxylic acids is 1. The Labute approximate surface area is 130 Å². The van der Waals surface area contributed by atoms with E-state index < -0.39 is 0 Å². The predicted octanol–water partition coefficient (Wildman–Crippen LogP) is 2.43. The fourth-order valence-electron chi connectivity index (χ4n) is 2.54. The number of para-hydroxylation sites is 2. The second kappa shape index (κ2) is 6.32. The number of nitrogens with zero attached hydrogens (tertiary/aromatic N) is 2. The average molecular weight is 298 g/mol. The minimum atomic E-state index is -0.0189. The number of hydrogen-bond donors (Lipinski definition) is 2. The number of benzene rings is 1. The van der Waals surface area contributed by atoms with Gasteiger partial charge < -0.3 is 10.6 Å². The topological polar surface area (TPSA) is 59.0 Å². The number of anilines is 1. The molecule has 1 aliphatic carbocycles. The van der Waals surface area contributed by atoms with E-state index >= 15 is 0 Å². The molecule has 1 aromatic carbocycles. The van der Waals surface area contributed by atoms with Crippen LogP contribution in [0.2, 0.25) is 0 Å². The molecule has 0 bridgehead atoms. The quantitative estimate of drug-likeness (QED) is 0.861. The van der Waals surface area contributed by atoms with Crippen LogP contribution in [0.5, 0.6) is 0 Å². The molecule has 5 heteroatoms. The van der Waals surface area contributed by atoms with E-state index in [-0.39, 0.29) is 5.91 Å². The van der Waals surface area contributed by atoms with Gasteiger partial charge in [-0.15, -0.1) is 0 Å². The second-order valence-corrected chi connectivity index (χ2v) is 5.98. The van der Waals surface area contributed by atoms with E-state index in [1.165, 1.54) is 12.8 Å². The van der Waals surface area contributed by atoms with E-state index in [1.807, 2.05) is 48.9 Å². The highest BCUT2D eigenvalue weighted by molar-refractivity contribution is 5.94. The van der Waals surface area contributed by atoms with Gasteiger partial charge in [-0.25, -0.2) is 4.68 Å². The predicted molar refractivity (Wildman–Crippen MR) is 87.3 cm³/mol. The maximum atomic E-state index is 12.1. The van der Waals surface area contributed by atoms with E-state index in [4.69, 9.17) is 0 Å². The van der Waals surface area contributed by atoms with E-state index in [0.29, 0.717) is 6.54 Å². The van der Waals surface area contributed by atoms with Gasteiger partial charge in [0.1, 0.15) is 0 Å². The van der Waals surface area contributed by atoms with Crippen molar-refractivity contribution >= 4 is 11.6 Å². The lowest BCUT2D eigenvalue weighted by Gasteiger charge is -2.12. The Morgan fingerprint density at radius 1 is 1.32 bits per heavy atom. The van der Waals surface area contributed by atoms with Crippen molar-refractivity contribution in [3.05, 3.63) is 41.7 Å². The first-order valence-corrected chi connectivity index (χ1v) is 7.77. The number of hydrogen-bond acceptors (Lipinski definition) is 3. The summed E-state index contributed by atoms with van der Waals surface area (Å²) >= 11 is 0. The van der Waals surface area contributed by atoms with Crippen LogP contribution in [0, 0.1) is 19.8 Å². The molecule has 22 heavy (non-hydrogen) atoms. The van der Waals surface area contributed by atoms with Crippen molar-refractivity contribution in [3.8, 4) is 5.69 Å². The summed E-state index contributed by atoms with van der Waals surface area (Å²) in [7, 11) is 0. The molecule has 0 atom stereocenters. The highest BCUT2D eigenvalue weighted by atomic mass is 16.1. The van der Waals surface area contributed by atoms with Gasteiger partial charge in [0.05, 0.1) is 23.6 Å². The van der Waals surface area contributed by atoms with Crippen LogP contribution in [-0.4, -0.2) is 28.8 Å². The van der Waals surface area contributed by atoms with Crippen molar-refractivity contribution < 1.29 is 4.79 Å². The molecule has 0 saturated heterocycles. The van der Waals surface area contributed by atoms with Crippen molar-refractivity contribution in [2.75, 3.05) is 18.4 Å². The molecule has 0 spiro atoms. The van der Waals surface area contributed by atoms with Gasteiger partial charge in [-0.2, -0.15) is 5.10 Å². The number of aryl methyl sites for hydroxylation is 2. The largest absolute Gasteiger partial charge is 0.323 e. The number of rotatable bonds is 6. The van der Waals surface area contributed by atoms with Gasteiger partial charge in [0, 0.05) is 5.69 Å². The molecule has 1 saturated carbocycles. The molecule has 1 amide bonds. The van der Waals surface area contributed by atoms with Gasteiger partial charge >= 0.3 is 0 Å². The maximum Gasteiger partial charge on any atom is 0.238 e. The molecule has 1 aromatic heterocycles. The normalized spacial score (nSPS) is 14.1. The number of aromatic nitrogens is 2. The number of nitrogens with one attached hydrogen (secondary N) is 2. The molecule has 1 fully saturated rings. The first kappa shape index (κ1) is 14.8. The van der Waals surface area contributed by atoms with Gasteiger partial charge in [0.2, 0.25) is 5.91 Å². The lowest BCUT2D eigenvalue weighted by Crippen LogP contribution is -2.29. The summed E-state index contributed by atoms with van der Waals surface area (Å²) in [6.07, 6.45) is 2.57. The van der Waals surface area contributed by atoms with Crippen LogP contribution in [-0.2, 0) is 4.79 Å². The van der Waals surface area contributed by atoms with Crippen LogP contribution >= 0.6 is 0 Å². The zero-order chi connectivity index (χ0) is 15.5. The second-order valence-electron chi connectivity index (χ2n) is 5.98. The summed E-state index contributed by atoms with van der Waals surface area (Å²) in [5.41, 5.74) is 3.69. The third kappa shape index (κ3) is 3.54. The van der Waals surface area contributed by atoms with Crippen LogP contribution in [0.15, 0.2) is 30.3 Å². The van der Waals surface area contributed by atoms with Gasteiger partial charge in [0.25, 0.3) is 0 Å². The summed E-state index contributed by atoms with van der Waals surface area (Å²) in [5.74, 6) is 0.754. The van der Waals surface area contributed by atoms with Crippen molar-refractivity contribution in [1.82, 2.24) is 15.1 Å². The Kier molecular flexibility index (Phi) is 4.24. The molecular formula is C17H22N4O. The molecule has 3 rings (SSSR count). The molecule has 1 aliphatic rings. The Bertz CT molecular complexity index is 673. The van der Waals surface area contributed by atoms with E-state index in [9.17, 15) is 4.79 Å². The monoisotopic (exact) mass is 298 g/mol. The first-order valence-electron chi connectivity index (χ1n) is 7.77. The van der Waals surface area contributed by atoms with Crippen molar-refractivity contribution in [2.45, 2.75) is 26.7 Å². The van der Waals surface area contributed by atoms with E-state index in [0.717, 1.165) is 35.2 Å². The summed E-state index contributed by atoms with van der Waals surface area (Å²) in [6.45, 7) is 5.26. The molecule has 2 N–H and O–H groups in total. The summed E-state index contributed by atoms with van der Waals surface area (Å²) in [5, 5.41) is 10.7. The lowest BCUT2D eigenvalue weighted by molar-refractivity contribution is -0.115. The van der Waals surface area contributed by atoms with Crippen LogP contribution in [0.3, 0.4) is 0 Å². The molecule has 0 radical (unpaired) electrons. The number of carbonyl (C=O) groups is 1. The van der Waals surface area contributed by atoms with Crippen molar-refractivity contribution in [3.63, 3.8) is 0 Å². The minimum absolute atomic E-state index is 0.0189. The molecule has 1 heterocycles. The van der Waals surface area contributed by atoms with Gasteiger partial charge in [-0.3, -0.25) is 4.79 Å².